The Kier molecular flexibility index (Phi) is 4.89. The van der Waals surface area contributed by atoms with E-state index in [4.69, 9.17) is 0 Å². The van der Waals surface area contributed by atoms with Gasteiger partial charge in [-0.15, -0.1) is 0 Å². The Bertz CT molecular complexity index is 980. The second-order valence-corrected chi connectivity index (χ2v) is 8.14. The van der Waals surface area contributed by atoms with Gasteiger partial charge in [-0.1, -0.05) is 27.6 Å². The summed E-state index contributed by atoms with van der Waals surface area (Å²) in [6, 6.07) is 13.9. The predicted molar refractivity (Wildman–Crippen MR) is 111 cm³/mol. The molecule has 2 aromatic rings. The second kappa shape index (κ2) is 7.36. The smallest absolute Gasteiger partial charge is 0.255 e. The van der Waals surface area contributed by atoms with Crippen molar-refractivity contribution in [2.75, 3.05) is 10.2 Å². The average Bonchev–Trinajstić information content (AvgIpc) is 2.93. The van der Waals surface area contributed by atoms with E-state index in [0.29, 0.717) is 29.8 Å². The van der Waals surface area contributed by atoms with Crippen LogP contribution in [0.3, 0.4) is 0 Å². The molecule has 0 aromatic heterocycles. The lowest BCUT2D eigenvalue weighted by Gasteiger charge is -2.18. The van der Waals surface area contributed by atoms with E-state index in [-0.39, 0.29) is 29.6 Å². The van der Waals surface area contributed by atoms with Crippen LogP contribution < -0.4 is 10.2 Å². The Morgan fingerprint density at radius 2 is 1.64 bits per heavy atom. The average molecular weight is 439 g/mol. The number of amides is 3. The molecule has 4 rings (SSSR count). The maximum Gasteiger partial charge on any atom is 0.255 e. The van der Waals surface area contributed by atoms with E-state index >= 15 is 0 Å². The molecule has 0 radical (unpaired) electrons. The van der Waals surface area contributed by atoms with Gasteiger partial charge in [-0.3, -0.25) is 19.3 Å². The summed E-state index contributed by atoms with van der Waals surface area (Å²) in [5.41, 5.74) is 2.82. The fourth-order valence-electron chi connectivity index (χ4n) is 3.79. The van der Waals surface area contributed by atoms with Gasteiger partial charge in [0.2, 0.25) is 11.8 Å². The number of nitrogens with one attached hydrogen (secondary N) is 1. The fourth-order valence-corrected chi connectivity index (χ4v) is 4.05. The normalized spacial score (nSPS) is 21.4. The number of carbonyl (C=O) groups excluding carboxylic acids is 3. The largest absolute Gasteiger partial charge is 0.322 e. The number of rotatable bonds is 3. The van der Waals surface area contributed by atoms with Crippen LogP contribution in [0, 0.1) is 11.8 Å². The molecule has 2 aliphatic rings. The van der Waals surface area contributed by atoms with Gasteiger partial charge in [-0.2, -0.15) is 0 Å². The summed E-state index contributed by atoms with van der Waals surface area (Å²) in [4.78, 5) is 39.2. The van der Waals surface area contributed by atoms with E-state index in [0.717, 1.165) is 10.0 Å². The highest BCUT2D eigenvalue weighted by Gasteiger charge is 2.48. The molecule has 6 heteroatoms. The quantitative estimate of drug-likeness (QED) is 0.564. The minimum Gasteiger partial charge on any atom is -0.322 e. The first-order valence-electron chi connectivity index (χ1n) is 9.14. The number of hydrogen-bond donors (Lipinski definition) is 1. The number of nitrogens with zero attached hydrogens (tertiary/aromatic N) is 1. The Balaban J connectivity index is 1.50. The molecule has 1 saturated heterocycles. The molecule has 0 spiro atoms. The van der Waals surface area contributed by atoms with Gasteiger partial charge in [0.05, 0.1) is 17.5 Å². The summed E-state index contributed by atoms with van der Waals surface area (Å²) < 4.78 is 0.931. The standard InChI is InChI=1S/C22H19BrN2O3/c1-13-2-11-18-19(12-13)22(28)25(21(18)27)17-9-3-14(4-10-17)20(26)24-16-7-5-15(23)6-8-16/h2-10,18-19H,11-12H2,1H3,(H,24,26)/t18-,19+/m0/s1. The van der Waals surface area contributed by atoms with Gasteiger partial charge in [0, 0.05) is 15.7 Å². The van der Waals surface area contributed by atoms with Crippen molar-refractivity contribution >= 4 is 45.0 Å². The molecular weight excluding hydrogens is 420 g/mol. The summed E-state index contributed by atoms with van der Waals surface area (Å²) >= 11 is 3.36. The Hall–Kier alpha value is -2.73. The summed E-state index contributed by atoms with van der Waals surface area (Å²) in [6.45, 7) is 2.00. The highest BCUT2D eigenvalue weighted by Crippen LogP contribution is 2.39. The maximum atomic E-state index is 12.8. The number of benzene rings is 2. The molecule has 1 N–H and O–H groups in total. The zero-order valence-electron chi connectivity index (χ0n) is 15.3. The molecular formula is C22H19BrN2O3. The van der Waals surface area contributed by atoms with Crippen LogP contribution >= 0.6 is 15.9 Å². The second-order valence-electron chi connectivity index (χ2n) is 7.22. The van der Waals surface area contributed by atoms with Crippen LogP contribution in [0.1, 0.15) is 30.1 Å². The van der Waals surface area contributed by atoms with Crippen molar-refractivity contribution in [1.29, 1.82) is 0 Å². The molecule has 1 fully saturated rings. The lowest BCUT2D eigenvalue weighted by Crippen LogP contribution is -2.30. The van der Waals surface area contributed by atoms with Gasteiger partial charge in [-0.25, -0.2) is 0 Å². The molecule has 1 aliphatic heterocycles. The predicted octanol–water partition coefficient (Wildman–Crippen LogP) is 4.55. The summed E-state index contributed by atoms with van der Waals surface area (Å²) in [5, 5.41) is 2.82. The van der Waals surface area contributed by atoms with Gasteiger partial charge in [-0.05, 0) is 68.3 Å². The highest BCUT2D eigenvalue weighted by molar-refractivity contribution is 9.10. The van der Waals surface area contributed by atoms with Crippen LogP contribution in [0.5, 0.6) is 0 Å². The summed E-state index contributed by atoms with van der Waals surface area (Å²) in [6.07, 6.45) is 3.30. The molecule has 0 bridgehead atoms. The first-order valence-corrected chi connectivity index (χ1v) is 9.94. The number of fused-ring (bicyclic) bond motifs is 1. The van der Waals surface area contributed by atoms with Crippen molar-refractivity contribution in [3.8, 4) is 0 Å². The number of anilines is 2. The van der Waals surface area contributed by atoms with E-state index in [1.54, 1.807) is 36.4 Å². The van der Waals surface area contributed by atoms with Gasteiger partial charge in [0.15, 0.2) is 0 Å². The van der Waals surface area contributed by atoms with Crippen molar-refractivity contribution in [1.82, 2.24) is 0 Å². The van der Waals surface area contributed by atoms with Gasteiger partial charge < -0.3 is 5.32 Å². The number of hydrogen-bond acceptors (Lipinski definition) is 3. The van der Waals surface area contributed by atoms with E-state index in [1.807, 2.05) is 25.1 Å². The lowest BCUT2D eigenvalue weighted by molar-refractivity contribution is -0.122. The zero-order chi connectivity index (χ0) is 19.8. The maximum absolute atomic E-state index is 12.8. The molecule has 28 heavy (non-hydrogen) atoms. The summed E-state index contributed by atoms with van der Waals surface area (Å²) in [5.74, 6) is -1.07. The highest BCUT2D eigenvalue weighted by atomic mass is 79.9. The van der Waals surface area contributed by atoms with Crippen molar-refractivity contribution < 1.29 is 14.4 Å². The van der Waals surface area contributed by atoms with E-state index in [2.05, 4.69) is 21.2 Å². The zero-order valence-corrected chi connectivity index (χ0v) is 16.9. The molecule has 0 unspecified atom stereocenters. The third-order valence-corrected chi connectivity index (χ3v) is 5.84. The van der Waals surface area contributed by atoms with E-state index in [9.17, 15) is 14.4 Å². The van der Waals surface area contributed by atoms with Crippen molar-refractivity contribution in [3.63, 3.8) is 0 Å². The third kappa shape index (κ3) is 3.40. The van der Waals surface area contributed by atoms with Crippen LogP contribution in [-0.2, 0) is 9.59 Å². The fraction of sp³-hybridized carbons (Fsp3) is 0.227. The first kappa shape index (κ1) is 18.6. The molecule has 0 saturated carbocycles. The topological polar surface area (TPSA) is 66.5 Å². The molecule has 142 valence electrons. The Morgan fingerprint density at radius 3 is 2.32 bits per heavy atom. The van der Waals surface area contributed by atoms with Crippen LogP contribution in [0.15, 0.2) is 64.7 Å². The lowest BCUT2D eigenvalue weighted by atomic mass is 9.82. The molecule has 5 nitrogen and oxygen atoms in total. The molecule has 2 aromatic carbocycles. The van der Waals surface area contributed by atoms with Crippen LogP contribution in [0.4, 0.5) is 11.4 Å². The minimum absolute atomic E-state index is 0.144. The number of allylic oxidation sites excluding steroid dienone is 2. The van der Waals surface area contributed by atoms with Crippen molar-refractivity contribution in [2.24, 2.45) is 11.8 Å². The SMILES string of the molecule is CC1=CC[C@@H]2C(=O)N(c3ccc(C(=O)Nc4ccc(Br)cc4)cc3)C(=O)[C@@H]2C1. The van der Waals surface area contributed by atoms with Gasteiger partial charge in [0.25, 0.3) is 5.91 Å². The summed E-state index contributed by atoms with van der Waals surface area (Å²) in [7, 11) is 0. The van der Waals surface area contributed by atoms with Crippen LogP contribution in [-0.4, -0.2) is 17.7 Å². The first-order chi connectivity index (χ1) is 13.4. The van der Waals surface area contributed by atoms with Crippen LogP contribution in [0.2, 0.25) is 0 Å². The molecule has 3 amide bonds. The Morgan fingerprint density at radius 1 is 1.00 bits per heavy atom. The Labute approximate surface area is 171 Å². The van der Waals surface area contributed by atoms with Crippen molar-refractivity contribution in [2.45, 2.75) is 19.8 Å². The third-order valence-electron chi connectivity index (χ3n) is 5.31. The monoisotopic (exact) mass is 438 g/mol. The van der Waals surface area contributed by atoms with Gasteiger partial charge in [0.1, 0.15) is 0 Å². The molecule has 1 heterocycles. The number of halogens is 1. The van der Waals surface area contributed by atoms with Crippen LogP contribution in [0.25, 0.3) is 0 Å². The molecule has 1 aliphatic carbocycles. The van der Waals surface area contributed by atoms with Crippen molar-refractivity contribution in [3.05, 3.63) is 70.2 Å². The number of carbonyl (C=O) groups is 3. The van der Waals surface area contributed by atoms with Gasteiger partial charge >= 0.3 is 0 Å². The van der Waals surface area contributed by atoms with E-state index in [1.165, 1.54) is 4.90 Å². The molecule has 2 atom stereocenters. The van der Waals surface area contributed by atoms with E-state index < -0.39 is 0 Å². The minimum atomic E-state index is -0.267. The number of imide groups is 1.